The first-order chi connectivity index (χ1) is 10.5. The van der Waals surface area contributed by atoms with Gasteiger partial charge in [-0.1, -0.05) is 6.08 Å². The number of halogens is 4. The Balaban J connectivity index is 0. The van der Waals surface area contributed by atoms with Crippen LogP contribution in [-0.4, -0.2) is 19.1 Å². The fourth-order valence-electron chi connectivity index (χ4n) is 3.00. The zero-order valence-corrected chi connectivity index (χ0v) is 13.0. The van der Waals surface area contributed by atoms with Crippen molar-refractivity contribution in [1.82, 2.24) is 0 Å². The molecule has 0 N–H and O–H groups in total. The Kier molecular flexibility index (Phi) is 9.44. The van der Waals surface area contributed by atoms with Crippen LogP contribution in [0.1, 0.15) is 54.2 Å². The SMILES string of the molecule is C=CC1CCC(OCF)CC1.FC(F)=CC1CCC(F)CC1.[HH].[HH]. The van der Waals surface area contributed by atoms with Gasteiger partial charge in [0.1, 0.15) is 6.17 Å². The molecule has 1 nitrogen and oxygen atoms in total. The van der Waals surface area contributed by atoms with Crippen LogP contribution in [0, 0.1) is 11.8 Å². The molecule has 0 aliphatic heterocycles. The van der Waals surface area contributed by atoms with E-state index in [1.807, 2.05) is 6.08 Å². The van der Waals surface area contributed by atoms with E-state index >= 15 is 0 Å². The molecule has 2 rings (SSSR count). The van der Waals surface area contributed by atoms with Crippen LogP contribution in [0.25, 0.3) is 0 Å². The van der Waals surface area contributed by atoms with E-state index in [0.717, 1.165) is 31.8 Å². The van der Waals surface area contributed by atoms with Gasteiger partial charge in [-0.05, 0) is 69.3 Å². The molecule has 2 saturated carbocycles. The molecular formula is C17H30F4O. The molecule has 132 valence electrons. The molecule has 0 unspecified atom stereocenters. The van der Waals surface area contributed by atoms with Gasteiger partial charge >= 0.3 is 0 Å². The molecule has 0 aromatic rings. The lowest BCUT2D eigenvalue weighted by molar-refractivity contribution is -0.0258. The highest BCUT2D eigenvalue weighted by Crippen LogP contribution is 2.28. The summed E-state index contributed by atoms with van der Waals surface area (Å²) in [6.07, 6.45) is 6.91. The number of alkyl halides is 2. The topological polar surface area (TPSA) is 9.23 Å². The van der Waals surface area contributed by atoms with E-state index in [4.69, 9.17) is 4.74 Å². The minimum atomic E-state index is -1.63. The Morgan fingerprint density at radius 2 is 1.55 bits per heavy atom. The number of ether oxygens (including phenoxy) is 1. The van der Waals surface area contributed by atoms with Gasteiger partial charge in [-0.2, -0.15) is 8.78 Å². The van der Waals surface area contributed by atoms with E-state index in [-0.39, 0.29) is 14.9 Å². The molecule has 0 bridgehead atoms. The van der Waals surface area contributed by atoms with Crippen LogP contribution >= 0.6 is 0 Å². The number of hydrogen-bond acceptors (Lipinski definition) is 1. The summed E-state index contributed by atoms with van der Waals surface area (Å²) in [7, 11) is 0. The predicted octanol–water partition coefficient (Wildman–Crippen LogP) is 6.46. The summed E-state index contributed by atoms with van der Waals surface area (Å²) in [5, 5.41) is 0. The molecule has 0 atom stereocenters. The van der Waals surface area contributed by atoms with Gasteiger partial charge in [0.2, 0.25) is 0 Å². The molecule has 2 aliphatic rings. The van der Waals surface area contributed by atoms with Crippen molar-refractivity contribution < 1.29 is 25.2 Å². The second-order valence-electron chi connectivity index (χ2n) is 6.02. The van der Waals surface area contributed by atoms with Crippen molar-refractivity contribution in [3.05, 3.63) is 24.8 Å². The lowest BCUT2D eigenvalue weighted by Gasteiger charge is -2.25. The zero-order valence-electron chi connectivity index (χ0n) is 13.0. The van der Waals surface area contributed by atoms with Crippen LogP contribution < -0.4 is 0 Å². The first kappa shape index (κ1) is 19.2. The first-order valence-electron chi connectivity index (χ1n) is 8.02. The monoisotopic (exact) mass is 326 g/mol. The van der Waals surface area contributed by atoms with Crippen LogP contribution in [0.5, 0.6) is 0 Å². The van der Waals surface area contributed by atoms with Crippen LogP contribution in [0.15, 0.2) is 24.8 Å². The van der Waals surface area contributed by atoms with E-state index in [9.17, 15) is 17.6 Å². The number of rotatable bonds is 4. The van der Waals surface area contributed by atoms with Crippen molar-refractivity contribution in [3.8, 4) is 0 Å². The second-order valence-corrected chi connectivity index (χ2v) is 6.02. The summed E-state index contributed by atoms with van der Waals surface area (Å²) in [5.74, 6) is 0.543. The van der Waals surface area contributed by atoms with E-state index < -0.39 is 19.1 Å². The summed E-state index contributed by atoms with van der Waals surface area (Å²) >= 11 is 0. The third kappa shape index (κ3) is 7.97. The molecule has 0 amide bonds. The third-order valence-electron chi connectivity index (χ3n) is 4.41. The fourth-order valence-corrected chi connectivity index (χ4v) is 3.00. The summed E-state index contributed by atoms with van der Waals surface area (Å²) in [4.78, 5) is 0. The lowest BCUT2D eigenvalue weighted by Crippen LogP contribution is -2.20. The standard InChI is InChI=1S/C9H15FO.C8H11F3.2H2/c1-2-8-3-5-9(6-4-8)11-7-10;9-7-3-1-6(2-4-7)5-8(10)11;;/h2,8-9H,1,3-7H2;5-7H,1-4H2;2*1H. The maximum atomic E-state index is 12.5. The maximum Gasteiger partial charge on any atom is 0.266 e. The minimum Gasteiger partial charge on any atom is -0.347 e. The van der Waals surface area contributed by atoms with E-state index in [2.05, 4.69) is 6.58 Å². The van der Waals surface area contributed by atoms with Gasteiger partial charge in [0, 0.05) is 2.85 Å². The molecule has 0 radical (unpaired) electrons. The number of allylic oxidation sites excluding steroid dienone is 2. The second kappa shape index (κ2) is 10.8. The molecule has 2 aliphatic carbocycles. The normalized spacial score (nSPS) is 31.6. The molecule has 0 heterocycles. The largest absolute Gasteiger partial charge is 0.347 e. The Morgan fingerprint density at radius 1 is 1.00 bits per heavy atom. The van der Waals surface area contributed by atoms with Gasteiger partial charge in [-0.3, -0.25) is 0 Å². The smallest absolute Gasteiger partial charge is 0.266 e. The van der Waals surface area contributed by atoms with Gasteiger partial charge < -0.3 is 4.74 Å². The molecule has 22 heavy (non-hydrogen) atoms. The van der Waals surface area contributed by atoms with Gasteiger partial charge in [0.25, 0.3) is 6.08 Å². The Bertz CT molecular complexity index is 335. The lowest BCUT2D eigenvalue weighted by atomic mass is 9.88. The maximum absolute atomic E-state index is 12.5. The molecule has 2 fully saturated rings. The molecule has 0 aromatic heterocycles. The van der Waals surface area contributed by atoms with E-state index in [1.165, 1.54) is 0 Å². The van der Waals surface area contributed by atoms with Crippen molar-refractivity contribution in [2.45, 2.75) is 63.6 Å². The van der Waals surface area contributed by atoms with Crippen molar-refractivity contribution in [2.75, 3.05) is 6.86 Å². The average Bonchev–Trinajstić information content (AvgIpc) is 2.51. The van der Waals surface area contributed by atoms with Crippen molar-refractivity contribution in [3.63, 3.8) is 0 Å². The summed E-state index contributed by atoms with van der Waals surface area (Å²) in [6, 6.07) is 0. The highest BCUT2D eigenvalue weighted by Gasteiger charge is 2.20. The minimum absolute atomic E-state index is 0. The molecule has 0 aromatic carbocycles. The predicted molar refractivity (Wildman–Crippen MR) is 84.4 cm³/mol. The van der Waals surface area contributed by atoms with Crippen LogP contribution in [0.3, 0.4) is 0 Å². The number of hydrogen-bond donors (Lipinski definition) is 0. The first-order valence-corrected chi connectivity index (χ1v) is 8.02. The Morgan fingerprint density at radius 3 is 2.00 bits per heavy atom. The van der Waals surface area contributed by atoms with E-state index in [0.29, 0.717) is 31.6 Å². The highest BCUT2D eigenvalue weighted by atomic mass is 19.3. The van der Waals surface area contributed by atoms with Crippen LogP contribution in [-0.2, 0) is 4.74 Å². The van der Waals surface area contributed by atoms with Crippen LogP contribution in [0.2, 0.25) is 0 Å². The summed E-state index contributed by atoms with van der Waals surface area (Å²) < 4.78 is 52.4. The van der Waals surface area contributed by atoms with E-state index in [1.54, 1.807) is 0 Å². The molecule has 0 spiro atoms. The fraction of sp³-hybridized carbons (Fsp3) is 0.765. The van der Waals surface area contributed by atoms with Gasteiger partial charge in [-0.15, -0.1) is 6.58 Å². The quantitative estimate of drug-likeness (QED) is 0.425. The summed E-state index contributed by atoms with van der Waals surface area (Å²) in [6.45, 7) is 3.10. The average molecular weight is 326 g/mol. The van der Waals surface area contributed by atoms with Crippen molar-refractivity contribution >= 4 is 0 Å². The summed E-state index contributed by atoms with van der Waals surface area (Å²) in [5.41, 5.74) is 0. The van der Waals surface area contributed by atoms with Gasteiger partial charge in [0.05, 0.1) is 6.10 Å². The molecule has 5 heteroatoms. The Hall–Kier alpha value is -0.840. The van der Waals surface area contributed by atoms with Gasteiger partial charge in [-0.25, -0.2) is 8.78 Å². The zero-order chi connectivity index (χ0) is 16.4. The van der Waals surface area contributed by atoms with Crippen molar-refractivity contribution in [2.24, 2.45) is 11.8 Å². The van der Waals surface area contributed by atoms with Crippen molar-refractivity contribution in [1.29, 1.82) is 0 Å². The van der Waals surface area contributed by atoms with Crippen LogP contribution in [0.4, 0.5) is 17.6 Å². The highest BCUT2D eigenvalue weighted by molar-refractivity contribution is 4.90. The molecular weight excluding hydrogens is 296 g/mol. The van der Waals surface area contributed by atoms with Gasteiger partial charge in [0.15, 0.2) is 6.86 Å². The third-order valence-corrected chi connectivity index (χ3v) is 4.41. The molecule has 0 saturated heterocycles. The Labute approximate surface area is 133 Å².